The molecule has 0 fully saturated rings. The molecule has 0 saturated heterocycles. The first-order valence-electron chi connectivity index (χ1n) is 3.79. The van der Waals surface area contributed by atoms with Crippen LogP contribution in [-0.2, 0) is 6.18 Å². The number of aromatic hydroxyl groups is 1. The predicted molar refractivity (Wildman–Crippen MR) is 40.6 cm³/mol. The van der Waals surface area contributed by atoms with Gasteiger partial charge < -0.3 is 5.11 Å². The van der Waals surface area contributed by atoms with Crippen LogP contribution in [0.4, 0.5) is 22.0 Å². The van der Waals surface area contributed by atoms with E-state index in [1.807, 2.05) is 0 Å². The van der Waals surface area contributed by atoms with Crippen molar-refractivity contribution in [1.29, 1.82) is 0 Å². The first kappa shape index (κ1) is 11.7. The molecule has 7 heteroatoms. The molecule has 1 rings (SSSR count). The first-order valence-corrected chi connectivity index (χ1v) is 3.79. The minimum atomic E-state index is -4.80. The summed E-state index contributed by atoms with van der Waals surface area (Å²) in [5.74, 6) is -0.935. The molecule has 15 heavy (non-hydrogen) atoms. The van der Waals surface area contributed by atoms with Gasteiger partial charge in [0.05, 0.1) is 11.8 Å². The lowest BCUT2D eigenvalue weighted by atomic mass is 10.1. The Balaban J connectivity index is 3.42. The fourth-order valence-electron chi connectivity index (χ4n) is 1.17. The Kier molecular flexibility index (Phi) is 2.83. The van der Waals surface area contributed by atoms with Gasteiger partial charge in [0.15, 0.2) is 0 Å². The highest BCUT2D eigenvalue weighted by Crippen LogP contribution is 2.37. The van der Waals surface area contributed by atoms with Crippen molar-refractivity contribution in [2.75, 3.05) is 0 Å². The SMILES string of the molecule is Cc1c(C(F)(F)F)ncc(O)c1C(F)F. The lowest BCUT2D eigenvalue weighted by Crippen LogP contribution is -2.12. The fraction of sp³-hybridized carbons (Fsp3) is 0.375. The molecule has 1 N–H and O–H groups in total. The van der Waals surface area contributed by atoms with E-state index in [2.05, 4.69) is 4.98 Å². The van der Waals surface area contributed by atoms with Gasteiger partial charge in [0.1, 0.15) is 11.4 Å². The van der Waals surface area contributed by atoms with E-state index >= 15 is 0 Å². The second-order valence-electron chi connectivity index (χ2n) is 2.83. The van der Waals surface area contributed by atoms with E-state index in [4.69, 9.17) is 5.11 Å². The molecule has 0 aromatic carbocycles. The van der Waals surface area contributed by atoms with Crippen molar-refractivity contribution in [2.45, 2.75) is 19.5 Å². The summed E-state index contributed by atoms with van der Waals surface area (Å²) >= 11 is 0. The smallest absolute Gasteiger partial charge is 0.433 e. The Morgan fingerprint density at radius 1 is 1.33 bits per heavy atom. The number of pyridine rings is 1. The first-order chi connectivity index (χ1) is 6.75. The van der Waals surface area contributed by atoms with Crippen LogP contribution in [0.3, 0.4) is 0 Å². The molecule has 84 valence electrons. The van der Waals surface area contributed by atoms with Gasteiger partial charge in [-0.25, -0.2) is 13.8 Å². The van der Waals surface area contributed by atoms with Gasteiger partial charge in [0, 0.05) is 0 Å². The molecule has 0 saturated carbocycles. The molecule has 0 aliphatic carbocycles. The standard InChI is InChI=1S/C8H6F5NO/c1-3-5(7(9)10)4(15)2-14-6(3)8(11,12)13/h2,7,15H,1H3. The predicted octanol–water partition coefficient (Wildman–Crippen LogP) is 3.05. The molecule has 0 unspecified atom stereocenters. The molecule has 0 aliphatic rings. The number of hydrogen-bond donors (Lipinski definition) is 1. The third-order valence-electron chi connectivity index (χ3n) is 1.84. The van der Waals surface area contributed by atoms with Gasteiger partial charge in [-0.3, -0.25) is 0 Å². The maximum absolute atomic E-state index is 12.3. The second-order valence-corrected chi connectivity index (χ2v) is 2.83. The van der Waals surface area contributed by atoms with Crippen molar-refractivity contribution in [2.24, 2.45) is 0 Å². The number of hydrogen-bond acceptors (Lipinski definition) is 2. The molecule has 0 radical (unpaired) electrons. The Labute approximate surface area is 81.4 Å². The molecule has 0 atom stereocenters. The van der Waals surface area contributed by atoms with Crippen LogP contribution in [0.2, 0.25) is 0 Å². The Bertz CT molecular complexity index is 374. The van der Waals surface area contributed by atoms with E-state index in [0.29, 0.717) is 6.20 Å². The monoisotopic (exact) mass is 227 g/mol. The summed E-state index contributed by atoms with van der Waals surface area (Å²) < 4.78 is 61.3. The number of alkyl halides is 5. The second kappa shape index (κ2) is 3.63. The summed E-state index contributed by atoms with van der Waals surface area (Å²) in [7, 11) is 0. The number of nitrogens with zero attached hydrogens (tertiary/aromatic N) is 1. The Hall–Kier alpha value is -1.40. The highest BCUT2D eigenvalue weighted by atomic mass is 19.4. The molecular weight excluding hydrogens is 221 g/mol. The molecule has 0 bridgehead atoms. The van der Waals surface area contributed by atoms with Crippen LogP contribution >= 0.6 is 0 Å². The summed E-state index contributed by atoms with van der Waals surface area (Å²) in [6.07, 6.45) is -7.60. The molecule has 0 aliphatic heterocycles. The molecule has 2 nitrogen and oxygen atoms in total. The lowest BCUT2D eigenvalue weighted by molar-refractivity contribution is -0.141. The van der Waals surface area contributed by atoms with Gasteiger partial charge in [-0.1, -0.05) is 0 Å². The number of aromatic nitrogens is 1. The number of rotatable bonds is 1. The third-order valence-corrected chi connectivity index (χ3v) is 1.84. The van der Waals surface area contributed by atoms with Gasteiger partial charge in [-0.05, 0) is 12.5 Å². The van der Waals surface area contributed by atoms with E-state index in [1.165, 1.54) is 0 Å². The zero-order chi connectivity index (χ0) is 11.8. The molecule has 1 aromatic rings. The molecule has 1 heterocycles. The van der Waals surface area contributed by atoms with Gasteiger partial charge in [-0.2, -0.15) is 13.2 Å². The Morgan fingerprint density at radius 3 is 2.27 bits per heavy atom. The van der Waals surface area contributed by atoms with E-state index in [-0.39, 0.29) is 0 Å². The molecule has 0 spiro atoms. The normalized spacial score (nSPS) is 12.2. The van der Waals surface area contributed by atoms with Crippen molar-refractivity contribution in [1.82, 2.24) is 4.98 Å². The third kappa shape index (κ3) is 2.16. The van der Waals surface area contributed by atoms with Crippen LogP contribution < -0.4 is 0 Å². The van der Waals surface area contributed by atoms with E-state index < -0.39 is 35.2 Å². The van der Waals surface area contributed by atoms with Crippen LogP contribution in [0.25, 0.3) is 0 Å². The maximum atomic E-state index is 12.3. The largest absolute Gasteiger partial charge is 0.506 e. The molecule has 1 aromatic heterocycles. The van der Waals surface area contributed by atoms with Crippen LogP contribution in [-0.4, -0.2) is 10.1 Å². The summed E-state index contributed by atoms with van der Waals surface area (Å²) in [6.45, 7) is 0.844. The van der Waals surface area contributed by atoms with E-state index in [1.54, 1.807) is 0 Å². The zero-order valence-electron chi connectivity index (χ0n) is 7.44. The van der Waals surface area contributed by atoms with Crippen LogP contribution in [0.1, 0.15) is 23.2 Å². The van der Waals surface area contributed by atoms with Crippen molar-refractivity contribution in [3.8, 4) is 5.75 Å². The van der Waals surface area contributed by atoms with Crippen molar-refractivity contribution < 1.29 is 27.1 Å². The van der Waals surface area contributed by atoms with Gasteiger partial charge in [0.25, 0.3) is 6.43 Å². The van der Waals surface area contributed by atoms with Gasteiger partial charge in [0.2, 0.25) is 0 Å². The van der Waals surface area contributed by atoms with Crippen molar-refractivity contribution in [3.05, 3.63) is 23.0 Å². The average molecular weight is 227 g/mol. The van der Waals surface area contributed by atoms with Crippen LogP contribution in [0.15, 0.2) is 6.20 Å². The zero-order valence-corrected chi connectivity index (χ0v) is 7.44. The molecular formula is C8H6F5NO. The van der Waals surface area contributed by atoms with Crippen molar-refractivity contribution in [3.63, 3.8) is 0 Å². The van der Waals surface area contributed by atoms with Crippen LogP contribution in [0.5, 0.6) is 5.75 Å². The summed E-state index contributed by atoms with van der Waals surface area (Å²) in [5, 5.41) is 8.94. The topological polar surface area (TPSA) is 33.1 Å². The van der Waals surface area contributed by atoms with Gasteiger partial charge in [-0.15, -0.1) is 0 Å². The van der Waals surface area contributed by atoms with Gasteiger partial charge >= 0.3 is 6.18 Å². The van der Waals surface area contributed by atoms with E-state index in [0.717, 1.165) is 6.92 Å². The Morgan fingerprint density at radius 2 is 1.87 bits per heavy atom. The number of halogens is 5. The minimum absolute atomic E-state index is 0.372. The quantitative estimate of drug-likeness (QED) is 0.748. The summed E-state index contributed by atoms with van der Waals surface area (Å²) in [5.41, 5.74) is -3.19. The average Bonchev–Trinajstić information content (AvgIpc) is 2.00. The lowest BCUT2D eigenvalue weighted by Gasteiger charge is -2.13. The highest BCUT2D eigenvalue weighted by molar-refractivity contribution is 5.41. The summed E-state index contributed by atoms with van der Waals surface area (Å²) in [4.78, 5) is 2.88. The minimum Gasteiger partial charge on any atom is -0.506 e. The highest BCUT2D eigenvalue weighted by Gasteiger charge is 2.36. The summed E-state index contributed by atoms with van der Waals surface area (Å²) in [6, 6.07) is 0. The fourth-order valence-corrected chi connectivity index (χ4v) is 1.17. The van der Waals surface area contributed by atoms with Crippen molar-refractivity contribution >= 4 is 0 Å². The van der Waals surface area contributed by atoms with E-state index in [9.17, 15) is 22.0 Å². The maximum Gasteiger partial charge on any atom is 0.433 e. The van der Waals surface area contributed by atoms with Crippen LogP contribution in [0, 0.1) is 6.92 Å². The molecule has 0 amide bonds.